The average Bonchev–Trinajstić information content (AvgIpc) is 3.41. The fourth-order valence-electron chi connectivity index (χ4n) is 4.00. The van der Waals surface area contributed by atoms with Gasteiger partial charge in [0.2, 0.25) is 5.91 Å². The van der Waals surface area contributed by atoms with E-state index in [-0.39, 0.29) is 12.0 Å². The number of fused-ring (bicyclic) bond motifs is 1. The van der Waals surface area contributed by atoms with Crippen molar-refractivity contribution in [3.63, 3.8) is 0 Å². The van der Waals surface area contributed by atoms with Crippen LogP contribution < -0.4 is 15.2 Å². The van der Waals surface area contributed by atoms with Crippen LogP contribution in [0.4, 0.5) is 0 Å². The number of hydrogen-bond donors (Lipinski definition) is 1. The second kappa shape index (κ2) is 6.28. The lowest BCUT2D eigenvalue weighted by Crippen LogP contribution is -2.45. The Kier molecular flexibility index (Phi) is 4.12. The van der Waals surface area contributed by atoms with Crippen molar-refractivity contribution in [3.8, 4) is 11.5 Å². The first-order valence-corrected chi connectivity index (χ1v) is 9.07. The molecule has 1 amide bonds. The van der Waals surface area contributed by atoms with Gasteiger partial charge in [0, 0.05) is 25.0 Å². The maximum absolute atomic E-state index is 12.8. The van der Waals surface area contributed by atoms with E-state index >= 15 is 0 Å². The van der Waals surface area contributed by atoms with E-state index in [0.29, 0.717) is 31.0 Å². The average molecular weight is 330 g/mol. The van der Waals surface area contributed by atoms with Gasteiger partial charge in [-0.15, -0.1) is 0 Å². The van der Waals surface area contributed by atoms with Gasteiger partial charge in [-0.1, -0.05) is 6.07 Å². The van der Waals surface area contributed by atoms with Crippen LogP contribution in [0.5, 0.6) is 11.5 Å². The van der Waals surface area contributed by atoms with E-state index in [1.54, 1.807) is 0 Å². The van der Waals surface area contributed by atoms with Crippen LogP contribution in [-0.2, 0) is 4.79 Å². The molecule has 2 fully saturated rings. The molecular weight excluding hydrogens is 304 g/mol. The van der Waals surface area contributed by atoms with Crippen molar-refractivity contribution >= 4 is 5.91 Å². The third-order valence-corrected chi connectivity index (χ3v) is 5.62. The summed E-state index contributed by atoms with van der Waals surface area (Å²) in [6, 6.07) is 6.25. The number of benzene rings is 1. The molecule has 24 heavy (non-hydrogen) atoms. The van der Waals surface area contributed by atoms with Gasteiger partial charge in [0.1, 0.15) is 13.2 Å². The molecule has 4 rings (SSSR count). The fourth-order valence-corrected chi connectivity index (χ4v) is 4.00. The highest BCUT2D eigenvalue weighted by atomic mass is 16.6. The molecule has 1 aromatic carbocycles. The van der Waals surface area contributed by atoms with Gasteiger partial charge in [-0.2, -0.15) is 0 Å². The smallest absolute Gasteiger partial charge is 0.226 e. The molecule has 0 spiro atoms. The van der Waals surface area contributed by atoms with Crippen molar-refractivity contribution in [2.24, 2.45) is 17.6 Å². The second-order valence-corrected chi connectivity index (χ2v) is 7.40. The van der Waals surface area contributed by atoms with E-state index in [0.717, 1.165) is 43.9 Å². The predicted molar refractivity (Wildman–Crippen MR) is 91.2 cm³/mol. The quantitative estimate of drug-likeness (QED) is 0.922. The fraction of sp³-hybridized carbons (Fsp3) is 0.632. The first-order valence-electron chi connectivity index (χ1n) is 9.07. The summed E-state index contributed by atoms with van der Waals surface area (Å²) in [5.41, 5.74) is 7.23. The molecular formula is C19H26N2O3. The Morgan fingerprint density at radius 3 is 2.88 bits per heavy atom. The molecule has 0 aromatic heterocycles. The number of rotatable bonds is 3. The molecule has 0 unspecified atom stereocenters. The van der Waals surface area contributed by atoms with Crippen LogP contribution in [-0.4, -0.2) is 43.2 Å². The third kappa shape index (κ3) is 2.97. The van der Waals surface area contributed by atoms with Gasteiger partial charge in [-0.3, -0.25) is 4.79 Å². The standard InChI is InChI=1S/C19H26N2O3/c1-12(20)14-3-2-6-21(11-14)19(22)16-10-15(16)13-4-5-17-18(9-13)24-8-7-23-17/h4-5,9,12,14-16H,2-3,6-8,10-11,20H2,1H3/t12-,14+,15-,16-/m0/s1. The van der Waals surface area contributed by atoms with Crippen molar-refractivity contribution in [1.82, 2.24) is 4.90 Å². The van der Waals surface area contributed by atoms with Crippen molar-refractivity contribution in [1.29, 1.82) is 0 Å². The highest BCUT2D eigenvalue weighted by Crippen LogP contribution is 2.50. The summed E-state index contributed by atoms with van der Waals surface area (Å²) >= 11 is 0. The predicted octanol–water partition coefficient (Wildman–Crippen LogP) is 2.15. The molecule has 2 N–H and O–H groups in total. The van der Waals surface area contributed by atoms with Crippen molar-refractivity contribution in [2.45, 2.75) is 38.1 Å². The van der Waals surface area contributed by atoms with E-state index in [1.165, 1.54) is 5.56 Å². The van der Waals surface area contributed by atoms with Crippen molar-refractivity contribution in [3.05, 3.63) is 23.8 Å². The lowest BCUT2D eigenvalue weighted by atomic mass is 9.92. The Balaban J connectivity index is 1.41. The van der Waals surface area contributed by atoms with Crippen molar-refractivity contribution < 1.29 is 14.3 Å². The molecule has 1 aliphatic carbocycles. The Morgan fingerprint density at radius 1 is 1.29 bits per heavy atom. The molecule has 0 radical (unpaired) electrons. The summed E-state index contributed by atoms with van der Waals surface area (Å²) in [5, 5.41) is 0. The van der Waals surface area contributed by atoms with Crippen LogP contribution in [0.2, 0.25) is 0 Å². The third-order valence-electron chi connectivity index (χ3n) is 5.62. The number of amides is 1. The lowest BCUT2D eigenvalue weighted by molar-refractivity contribution is -0.134. The Bertz CT molecular complexity index is 631. The van der Waals surface area contributed by atoms with Crippen molar-refractivity contribution in [2.75, 3.05) is 26.3 Å². The van der Waals surface area contributed by atoms with Crippen LogP contribution in [0.3, 0.4) is 0 Å². The highest BCUT2D eigenvalue weighted by Gasteiger charge is 2.46. The van der Waals surface area contributed by atoms with Gasteiger partial charge < -0.3 is 20.1 Å². The first-order chi connectivity index (χ1) is 11.6. The zero-order valence-electron chi connectivity index (χ0n) is 14.2. The number of hydrogen-bond acceptors (Lipinski definition) is 4. The van der Waals surface area contributed by atoms with E-state index in [4.69, 9.17) is 15.2 Å². The summed E-state index contributed by atoms with van der Waals surface area (Å²) in [6.45, 7) is 4.95. The Labute approximate surface area is 143 Å². The minimum Gasteiger partial charge on any atom is -0.486 e. The monoisotopic (exact) mass is 330 g/mol. The molecule has 5 nitrogen and oxygen atoms in total. The zero-order valence-corrected chi connectivity index (χ0v) is 14.2. The van der Waals surface area contributed by atoms with Gasteiger partial charge in [0.05, 0.1) is 0 Å². The number of carbonyl (C=O) groups is 1. The Hall–Kier alpha value is -1.75. The van der Waals surface area contributed by atoms with E-state index in [9.17, 15) is 4.79 Å². The number of piperidine rings is 1. The maximum Gasteiger partial charge on any atom is 0.226 e. The topological polar surface area (TPSA) is 64.8 Å². The summed E-state index contributed by atoms with van der Waals surface area (Å²) in [6.07, 6.45) is 3.15. The zero-order chi connectivity index (χ0) is 16.7. The number of carbonyl (C=O) groups excluding carboxylic acids is 1. The molecule has 1 saturated carbocycles. The van der Waals surface area contributed by atoms with Gasteiger partial charge >= 0.3 is 0 Å². The van der Waals surface area contributed by atoms with E-state index in [1.807, 2.05) is 24.0 Å². The summed E-state index contributed by atoms with van der Waals surface area (Å²) in [5.74, 6) is 2.81. The molecule has 1 aromatic rings. The Morgan fingerprint density at radius 2 is 2.08 bits per heavy atom. The highest BCUT2D eigenvalue weighted by molar-refractivity contribution is 5.83. The number of ether oxygens (including phenoxy) is 2. The van der Waals surface area contributed by atoms with E-state index < -0.39 is 0 Å². The molecule has 5 heteroatoms. The van der Waals surface area contributed by atoms with Gasteiger partial charge in [0.15, 0.2) is 11.5 Å². The molecule has 1 saturated heterocycles. The van der Waals surface area contributed by atoms with Crippen LogP contribution in [0, 0.1) is 11.8 Å². The molecule has 3 aliphatic rings. The molecule has 4 atom stereocenters. The number of nitrogens with zero attached hydrogens (tertiary/aromatic N) is 1. The molecule has 130 valence electrons. The second-order valence-electron chi connectivity index (χ2n) is 7.40. The summed E-state index contributed by atoms with van der Waals surface area (Å²) < 4.78 is 11.2. The van der Waals surface area contributed by atoms with Gasteiger partial charge in [-0.25, -0.2) is 0 Å². The molecule has 2 aliphatic heterocycles. The van der Waals surface area contributed by atoms with Crippen LogP contribution in [0.1, 0.15) is 37.7 Å². The van der Waals surface area contributed by atoms with Crippen LogP contribution in [0.25, 0.3) is 0 Å². The SMILES string of the molecule is C[C@H](N)[C@@H]1CCCN(C(=O)[C@H]2C[C@H]2c2ccc3c(c2)OCCO3)C1. The molecule has 0 bridgehead atoms. The minimum absolute atomic E-state index is 0.124. The number of nitrogens with two attached hydrogens (primary N) is 1. The molecule has 2 heterocycles. The lowest BCUT2D eigenvalue weighted by Gasteiger charge is -2.35. The van der Waals surface area contributed by atoms with Crippen LogP contribution >= 0.6 is 0 Å². The summed E-state index contributed by atoms with van der Waals surface area (Å²) in [4.78, 5) is 14.9. The van der Waals surface area contributed by atoms with E-state index in [2.05, 4.69) is 6.07 Å². The largest absolute Gasteiger partial charge is 0.486 e. The van der Waals surface area contributed by atoms with Gasteiger partial charge in [0.25, 0.3) is 0 Å². The summed E-state index contributed by atoms with van der Waals surface area (Å²) in [7, 11) is 0. The first kappa shape index (κ1) is 15.8. The number of likely N-dealkylation sites (tertiary alicyclic amines) is 1. The van der Waals surface area contributed by atoms with Gasteiger partial charge in [-0.05, 0) is 55.7 Å². The van der Waals surface area contributed by atoms with Crippen LogP contribution in [0.15, 0.2) is 18.2 Å². The maximum atomic E-state index is 12.8. The minimum atomic E-state index is 0.124. The normalized spacial score (nSPS) is 29.9.